The molecule has 2 nitrogen and oxygen atoms in total. The van der Waals surface area contributed by atoms with E-state index in [4.69, 9.17) is 16.6 Å². The average molecular weight is 249 g/mol. The number of imidazole rings is 1. The Morgan fingerprint density at radius 2 is 1.94 bits per heavy atom. The molecular formula is C14H17ClN2. The molecule has 0 saturated heterocycles. The molecule has 2 heterocycles. The highest BCUT2D eigenvalue weighted by molar-refractivity contribution is 6.30. The van der Waals surface area contributed by atoms with Crippen molar-refractivity contribution in [1.82, 2.24) is 9.38 Å². The summed E-state index contributed by atoms with van der Waals surface area (Å²) in [6.07, 6.45) is 12.2. The van der Waals surface area contributed by atoms with E-state index in [1.807, 2.05) is 18.3 Å². The fraction of sp³-hybridized carbons (Fsp3) is 0.500. The molecule has 0 bridgehead atoms. The SMILES string of the molecule is Clc1ccn2cc(C3CCCCCC3)nc2c1. The van der Waals surface area contributed by atoms with Crippen LogP contribution >= 0.6 is 11.6 Å². The van der Waals surface area contributed by atoms with Crippen molar-refractivity contribution in [3.63, 3.8) is 0 Å². The summed E-state index contributed by atoms with van der Waals surface area (Å²) in [6, 6.07) is 3.84. The van der Waals surface area contributed by atoms with Gasteiger partial charge in [-0.2, -0.15) is 0 Å². The van der Waals surface area contributed by atoms with Crippen LogP contribution in [0.3, 0.4) is 0 Å². The van der Waals surface area contributed by atoms with E-state index in [9.17, 15) is 0 Å². The highest BCUT2D eigenvalue weighted by Gasteiger charge is 2.17. The van der Waals surface area contributed by atoms with Crippen molar-refractivity contribution < 1.29 is 0 Å². The molecule has 1 aliphatic rings. The van der Waals surface area contributed by atoms with Gasteiger partial charge in [0.1, 0.15) is 5.65 Å². The molecule has 17 heavy (non-hydrogen) atoms. The van der Waals surface area contributed by atoms with Crippen molar-refractivity contribution in [2.24, 2.45) is 0 Å². The topological polar surface area (TPSA) is 17.3 Å². The van der Waals surface area contributed by atoms with Crippen LogP contribution in [-0.4, -0.2) is 9.38 Å². The fourth-order valence-corrected chi connectivity index (χ4v) is 2.90. The highest BCUT2D eigenvalue weighted by Crippen LogP contribution is 2.31. The van der Waals surface area contributed by atoms with Crippen molar-refractivity contribution >= 4 is 17.2 Å². The second kappa shape index (κ2) is 4.69. The number of rotatable bonds is 1. The summed E-state index contributed by atoms with van der Waals surface area (Å²) in [7, 11) is 0. The Balaban J connectivity index is 1.93. The minimum Gasteiger partial charge on any atom is -0.307 e. The van der Waals surface area contributed by atoms with E-state index in [-0.39, 0.29) is 0 Å². The molecule has 3 rings (SSSR count). The summed E-state index contributed by atoms with van der Waals surface area (Å²) in [6.45, 7) is 0. The van der Waals surface area contributed by atoms with Gasteiger partial charge in [-0.15, -0.1) is 0 Å². The molecule has 1 aliphatic carbocycles. The maximum Gasteiger partial charge on any atom is 0.138 e. The fourth-order valence-electron chi connectivity index (χ4n) is 2.75. The molecule has 0 aliphatic heterocycles. The maximum absolute atomic E-state index is 5.99. The molecule has 0 amide bonds. The predicted molar refractivity (Wildman–Crippen MR) is 70.6 cm³/mol. The van der Waals surface area contributed by atoms with Crippen LogP contribution in [0.2, 0.25) is 5.02 Å². The molecule has 2 aromatic heterocycles. The molecular weight excluding hydrogens is 232 g/mol. The van der Waals surface area contributed by atoms with E-state index in [1.165, 1.54) is 44.2 Å². The zero-order valence-corrected chi connectivity index (χ0v) is 10.7. The van der Waals surface area contributed by atoms with Crippen LogP contribution < -0.4 is 0 Å². The first-order valence-electron chi connectivity index (χ1n) is 6.47. The van der Waals surface area contributed by atoms with Crippen molar-refractivity contribution in [3.05, 3.63) is 35.2 Å². The van der Waals surface area contributed by atoms with E-state index >= 15 is 0 Å². The van der Waals surface area contributed by atoms with E-state index in [0.29, 0.717) is 5.92 Å². The lowest BCUT2D eigenvalue weighted by molar-refractivity contribution is 0.580. The third kappa shape index (κ3) is 2.32. The summed E-state index contributed by atoms with van der Waals surface area (Å²) in [4.78, 5) is 4.72. The Kier molecular flexibility index (Phi) is 3.06. The van der Waals surface area contributed by atoms with Crippen molar-refractivity contribution in [1.29, 1.82) is 0 Å². The smallest absolute Gasteiger partial charge is 0.138 e. The van der Waals surface area contributed by atoms with Gasteiger partial charge in [-0.3, -0.25) is 0 Å². The minimum absolute atomic E-state index is 0.649. The Labute approximate surface area is 107 Å². The Morgan fingerprint density at radius 3 is 2.71 bits per heavy atom. The van der Waals surface area contributed by atoms with Crippen LogP contribution in [0.25, 0.3) is 5.65 Å². The Morgan fingerprint density at radius 1 is 1.18 bits per heavy atom. The van der Waals surface area contributed by atoms with Gasteiger partial charge in [0.05, 0.1) is 5.69 Å². The summed E-state index contributed by atoms with van der Waals surface area (Å²) < 4.78 is 2.08. The lowest BCUT2D eigenvalue weighted by Crippen LogP contribution is -1.96. The quantitative estimate of drug-likeness (QED) is 0.683. The van der Waals surface area contributed by atoms with Crippen LogP contribution in [0.15, 0.2) is 24.5 Å². The molecule has 2 aromatic rings. The predicted octanol–water partition coefficient (Wildman–Crippen LogP) is 4.43. The first-order valence-corrected chi connectivity index (χ1v) is 6.85. The van der Waals surface area contributed by atoms with E-state index < -0.39 is 0 Å². The number of halogens is 1. The largest absolute Gasteiger partial charge is 0.307 e. The number of nitrogens with zero attached hydrogens (tertiary/aromatic N) is 2. The molecule has 0 spiro atoms. The number of hydrogen-bond acceptors (Lipinski definition) is 1. The highest BCUT2D eigenvalue weighted by atomic mass is 35.5. The van der Waals surface area contributed by atoms with Gasteiger partial charge in [0, 0.05) is 23.3 Å². The summed E-state index contributed by atoms with van der Waals surface area (Å²) >= 11 is 5.99. The van der Waals surface area contributed by atoms with Crippen LogP contribution in [-0.2, 0) is 0 Å². The molecule has 0 radical (unpaired) electrons. The summed E-state index contributed by atoms with van der Waals surface area (Å²) in [5.41, 5.74) is 2.21. The monoisotopic (exact) mass is 248 g/mol. The normalized spacial score (nSPS) is 18.4. The summed E-state index contributed by atoms with van der Waals surface area (Å²) in [5.74, 6) is 0.649. The first-order chi connectivity index (χ1) is 8.33. The van der Waals surface area contributed by atoms with E-state index in [1.54, 1.807) is 0 Å². The van der Waals surface area contributed by atoms with Crippen LogP contribution in [0.1, 0.15) is 50.1 Å². The van der Waals surface area contributed by atoms with Gasteiger partial charge >= 0.3 is 0 Å². The van der Waals surface area contributed by atoms with Gasteiger partial charge < -0.3 is 4.40 Å². The second-order valence-corrected chi connectivity index (χ2v) is 5.40. The number of fused-ring (bicyclic) bond motifs is 1. The van der Waals surface area contributed by atoms with Gasteiger partial charge in [-0.05, 0) is 25.0 Å². The van der Waals surface area contributed by atoms with Gasteiger partial charge in [0.2, 0.25) is 0 Å². The lowest BCUT2D eigenvalue weighted by atomic mass is 9.97. The summed E-state index contributed by atoms with van der Waals surface area (Å²) in [5, 5.41) is 0.760. The van der Waals surface area contributed by atoms with Gasteiger partial charge in [0.15, 0.2) is 0 Å². The second-order valence-electron chi connectivity index (χ2n) is 4.96. The van der Waals surface area contributed by atoms with E-state index in [0.717, 1.165) is 10.7 Å². The van der Waals surface area contributed by atoms with Crippen molar-refractivity contribution in [2.45, 2.75) is 44.4 Å². The molecule has 0 aromatic carbocycles. The molecule has 1 saturated carbocycles. The van der Waals surface area contributed by atoms with Gasteiger partial charge in [-0.25, -0.2) is 4.98 Å². The molecule has 0 unspecified atom stereocenters. The van der Waals surface area contributed by atoms with Crippen LogP contribution in [0.5, 0.6) is 0 Å². The van der Waals surface area contributed by atoms with E-state index in [2.05, 4.69) is 10.6 Å². The molecule has 1 fully saturated rings. The molecule has 0 N–H and O–H groups in total. The maximum atomic E-state index is 5.99. The number of pyridine rings is 1. The first kappa shape index (κ1) is 11.1. The minimum atomic E-state index is 0.649. The van der Waals surface area contributed by atoms with Crippen LogP contribution in [0.4, 0.5) is 0 Å². The molecule has 0 atom stereocenters. The number of hydrogen-bond donors (Lipinski definition) is 0. The Hall–Kier alpha value is -1.02. The van der Waals surface area contributed by atoms with Crippen molar-refractivity contribution in [3.8, 4) is 0 Å². The van der Waals surface area contributed by atoms with Crippen molar-refractivity contribution in [2.75, 3.05) is 0 Å². The lowest BCUT2D eigenvalue weighted by Gasteiger charge is -2.09. The van der Waals surface area contributed by atoms with Gasteiger partial charge in [0.25, 0.3) is 0 Å². The standard InChI is InChI=1S/C14H17ClN2/c15-12-7-8-17-10-13(16-14(17)9-12)11-5-3-1-2-4-6-11/h7-11H,1-6H2. The average Bonchev–Trinajstić information content (AvgIpc) is 2.57. The van der Waals surface area contributed by atoms with Gasteiger partial charge in [-0.1, -0.05) is 37.3 Å². The zero-order chi connectivity index (χ0) is 11.7. The molecule has 90 valence electrons. The third-order valence-electron chi connectivity index (χ3n) is 3.71. The third-order valence-corrected chi connectivity index (χ3v) is 3.95. The Bertz CT molecular complexity index is 510. The molecule has 3 heteroatoms. The van der Waals surface area contributed by atoms with Crippen LogP contribution in [0, 0.1) is 0 Å². The zero-order valence-electron chi connectivity index (χ0n) is 9.90. The number of aromatic nitrogens is 2.